The van der Waals surface area contributed by atoms with E-state index in [9.17, 15) is 4.79 Å². The molecule has 168 valence electrons. The molecule has 4 aromatic rings. The Morgan fingerprint density at radius 3 is 2.76 bits per heavy atom. The molecule has 0 saturated heterocycles. The molecule has 0 bridgehead atoms. The molecule has 0 saturated carbocycles. The fourth-order valence-electron chi connectivity index (χ4n) is 2.88. The van der Waals surface area contributed by atoms with Gasteiger partial charge in [0.05, 0.1) is 29.3 Å². The van der Waals surface area contributed by atoms with Crippen molar-refractivity contribution in [3.8, 4) is 11.5 Å². The predicted octanol–water partition coefficient (Wildman–Crippen LogP) is 5.89. The molecule has 33 heavy (non-hydrogen) atoms. The van der Waals surface area contributed by atoms with Crippen molar-refractivity contribution in [2.45, 2.75) is 10.9 Å². The molecule has 0 atom stereocenters. The second-order valence-electron chi connectivity index (χ2n) is 6.85. The number of para-hydroxylation sites is 1. The van der Waals surface area contributed by atoms with Gasteiger partial charge in [0.25, 0.3) is 5.91 Å². The van der Waals surface area contributed by atoms with Gasteiger partial charge in [0.2, 0.25) is 0 Å². The van der Waals surface area contributed by atoms with E-state index < -0.39 is 0 Å². The molecular weight excluding hydrogens is 522 g/mol. The fraction of sp³-hybridized carbons (Fsp3) is 0.125. The Bertz CT molecular complexity index is 1240. The summed E-state index contributed by atoms with van der Waals surface area (Å²) in [5, 5.41) is 4.05. The number of rotatable bonds is 9. The highest BCUT2D eigenvalue weighted by Gasteiger charge is 2.08. The van der Waals surface area contributed by atoms with Crippen LogP contribution in [0, 0.1) is 0 Å². The summed E-state index contributed by atoms with van der Waals surface area (Å²) in [6, 6.07) is 21.3. The van der Waals surface area contributed by atoms with E-state index in [0.29, 0.717) is 18.1 Å². The third kappa shape index (κ3) is 6.56. The number of hydrogen-bond acceptors (Lipinski definition) is 7. The van der Waals surface area contributed by atoms with Gasteiger partial charge in [0.1, 0.15) is 6.61 Å². The minimum absolute atomic E-state index is 0.197. The quantitative estimate of drug-likeness (QED) is 0.162. The van der Waals surface area contributed by atoms with Crippen molar-refractivity contribution >= 4 is 61.4 Å². The molecule has 1 aromatic heterocycles. The number of carbonyl (C=O) groups excluding carboxylic acids is 1. The van der Waals surface area contributed by atoms with Crippen molar-refractivity contribution in [3.63, 3.8) is 0 Å². The van der Waals surface area contributed by atoms with Crippen LogP contribution in [0.3, 0.4) is 0 Å². The molecule has 6 nitrogen and oxygen atoms in total. The van der Waals surface area contributed by atoms with Gasteiger partial charge in [-0.05, 0) is 53.6 Å². The van der Waals surface area contributed by atoms with Crippen molar-refractivity contribution in [1.82, 2.24) is 10.4 Å². The lowest BCUT2D eigenvalue weighted by atomic mass is 10.2. The first-order valence-electron chi connectivity index (χ1n) is 9.96. The molecule has 1 amide bonds. The number of benzene rings is 3. The van der Waals surface area contributed by atoms with Crippen LogP contribution < -0.4 is 14.9 Å². The lowest BCUT2D eigenvalue weighted by Crippen LogP contribution is -2.19. The molecule has 0 unspecified atom stereocenters. The Morgan fingerprint density at radius 2 is 1.97 bits per heavy atom. The Kier molecular flexibility index (Phi) is 7.98. The predicted molar refractivity (Wildman–Crippen MR) is 138 cm³/mol. The van der Waals surface area contributed by atoms with Gasteiger partial charge in [-0.2, -0.15) is 5.10 Å². The number of thiazole rings is 1. The Morgan fingerprint density at radius 1 is 1.15 bits per heavy atom. The lowest BCUT2D eigenvalue weighted by Gasteiger charge is -2.11. The number of halogens is 1. The van der Waals surface area contributed by atoms with Gasteiger partial charge in [0, 0.05) is 4.47 Å². The monoisotopic (exact) mass is 541 g/mol. The second-order valence-corrected chi connectivity index (χ2v) is 10.0. The number of thioether (sulfide) groups is 1. The normalized spacial score (nSPS) is 11.1. The largest absolute Gasteiger partial charge is 0.493 e. The van der Waals surface area contributed by atoms with E-state index in [1.54, 1.807) is 24.7 Å². The number of amides is 1. The third-order valence-corrected chi connectivity index (χ3v) is 7.21. The first kappa shape index (κ1) is 23.3. The topological polar surface area (TPSA) is 72.8 Å². The smallest absolute Gasteiger partial charge is 0.250 e. The van der Waals surface area contributed by atoms with Gasteiger partial charge in [-0.3, -0.25) is 4.79 Å². The van der Waals surface area contributed by atoms with Gasteiger partial charge in [0.15, 0.2) is 15.8 Å². The summed E-state index contributed by atoms with van der Waals surface area (Å²) in [6.07, 6.45) is 1.57. The van der Waals surface area contributed by atoms with Crippen molar-refractivity contribution < 1.29 is 14.3 Å². The minimum Gasteiger partial charge on any atom is -0.493 e. The van der Waals surface area contributed by atoms with Gasteiger partial charge >= 0.3 is 0 Å². The maximum Gasteiger partial charge on any atom is 0.250 e. The number of nitrogens with one attached hydrogen (secondary N) is 1. The standard InChI is InChI=1S/C24H20BrN3O3S2/c1-30-21-12-17(8-11-20(21)31-14-16-6-9-18(25)10-7-16)13-26-28-23(29)15-32-24-27-19-4-2-3-5-22(19)33-24/h2-13H,14-15H2,1H3,(H,28,29)/b26-13-. The summed E-state index contributed by atoms with van der Waals surface area (Å²) in [5.41, 5.74) is 5.33. The Balaban J connectivity index is 1.28. The summed E-state index contributed by atoms with van der Waals surface area (Å²) >= 11 is 6.39. The molecule has 0 spiro atoms. The maximum absolute atomic E-state index is 12.1. The summed E-state index contributed by atoms with van der Waals surface area (Å²) in [4.78, 5) is 16.6. The molecule has 1 heterocycles. The zero-order valence-corrected chi connectivity index (χ0v) is 20.9. The number of fused-ring (bicyclic) bond motifs is 1. The van der Waals surface area contributed by atoms with Crippen LogP contribution in [0.15, 0.2) is 80.6 Å². The second kappa shape index (κ2) is 11.3. The summed E-state index contributed by atoms with van der Waals surface area (Å²) in [7, 11) is 1.59. The molecule has 0 aliphatic heterocycles. The van der Waals surface area contributed by atoms with E-state index in [1.807, 2.05) is 66.7 Å². The van der Waals surface area contributed by atoms with E-state index in [4.69, 9.17) is 9.47 Å². The molecule has 0 fully saturated rings. The fourth-order valence-corrected chi connectivity index (χ4v) is 5.00. The molecule has 9 heteroatoms. The van der Waals surface area contributed by atoms with Crippen molar-refractivity contribution in [1.29, 1.82) is 0 Å². The first-order chi connectivity index (χ1) is 16.1. The Hall–Kier alpha value is -2.88. The van der Waals surface area contributed by atoms with Crippen LogP contribution in [0.4, 0.5) is 0 Å². The van der Waals surface area contributed by atoms with Crippen LogP contribution >= 0.6 is 39.0 Å². The molecule has 0 aliphatic rings. The first-order valence-corrected chi connectivity index (χ1v) is 12.6. The number of nitrogens with zero attached hydrogens (tertiary/aromatic N) is 2. The SMILES string of the molecule is COc1cc(/C=N\NC(=O)CSc2nc3ccccc3s2)ccc1OCc1ccc(Br)cc1. The van der Waals surface area contributed by atoms with Crippen LogP contribution in [0.5, 0.6) is 11.5 Å². The molecule has 0 aliphatic carbocycles. The van der Waals surface area contributed by atoms with Gasteiger partial charge in [-0.25, -0.2) is 10.4 Å². The summed E-state index contributed by atoms with van der Waals surface area (Å²) < 4.78 is 14.3. The number of hydrazone groups is 1. The molecule has 0 radical (unpaired) electrons. The highest BCUT2D eigenvalue weighted by molar-refractivity contribution is 9.10. The number of ether oxygens (including phenoxy) is 2. The van der Waals surface area contributed by atoms with Gasteiger partial charge in [-0.15, -0.1) is 11.3 Å². The van der Waals surface area contributed by atoms with Crippen LogP contribution in [0.1, 0.15) is 11.1 Å². The molecule has 4 rings (SSSR count). The average molecular weight is 542 g/mol. The number of aromatic nitrogens is 1. The van der Waals surface area contributed by atoms with E-state index in [0.717, 1.165) is 30.2 Å². The number of carbonyl (C=O) groups is 1. The molecule has 3 aromatic carbocycles. The zero-order chi connectivity index (χ0) is 23.0. The van der Waals surface area contributed by atoms with E-state index in [-0.39, 0.29) is 11.7 Å². The summed E-state index contributed by atoms with van der Waals surface area (Å²) in [5.74, 6) is 1.27. The van der Waals surface area contributed by atoms with Gasteiger partial charge < -0.3 is 9.47 Å². The van der Waals surface area contributed by atoms with Crippen molar-refractivity contribution in [2.24, 2.45) is 5.10 Å². The maximum atomic E-state index is 12.1. The molecular formula is C24H20BrN3O3S2. The zero-order valence-electron chi connectivity index (χ0n) is 17.7. The van der Waals surface area contributed by atoms with E-state index in [1.165, 1.54) is 11.8 Å². The highest BCUT2D eigenvalue weighted by atomic mass is 79.9. The Labute approximate surface area is 208 Å². The van der Waals surface area contributed by atoms with Crippen LogP contribution in [-0.4, -0.2) is 30.0 Å². The minimum atomic E-state index is -0.197. The van der Waals surface area contributed by atoms with Crippen LogP contribution in [0.25, 0.3) is 10.2 Å². The van der Waals surface area contributed by atoms with E-state index >= 15 is 0 Å². The van der Waals surface area contributed by atoms with Gasteiger partial charge in [-0.1, -0.05) is 52.0 Å². The van der Waals surface area contributed by atoms with E-state index in [2.05, 4.69) is 31.4 Å². The average Bonchev–Trinajstić information content (AvgIpc) is 3.26. The number of methoxy groups -OCH3 is 1. The number of hydrogen-bond donors (Lipinski definition) is 1. The summed E-state index contributed by atoms with van der Waals surface area (Å²) in [6.45, 7) is 0.430. The lowest BCUT2D eigenvalue weighted by molar-refractivity contribution is -0.118. The highest BCUT2D eigenvalue weighted by Crippen LogP contribution is 2.30. The third-order valence-electron chi connectivity index (χ3n) is 4.50. The van der Waals surface area contributed by atoms with Crippen molar-refractivity contribution in [2.75, 3.05) is 12.9 Å². The van der Waals surface area contributed by atoms with Crippen molar-refractivity contribution in [3.05, 3.63) is 82.3 Å². The van der Waals surface area contributed by atoms with Crippen LogP contribution in [0.2, 0.25) is 0 Å². The van der Waals surface area contributed by atoms with Crippen LogP contribution in [-0.2, 0) is 11.4 Å². The molecule has 1 N–H and O–H groups in total.